The molecule has 2 heterocycles. The van der Waals surface area contributed by atoms with Crippen molar-refractivity contribution in [2.24, 2.45) is 0 Å². The SMILES string of the molecule is COCCc1ncc2cc(C(=O)O)ccn12. The number of methoxy groups -OCH3 is 1. The summed E-state index contributed by atoms with van der Waals surface area (Å²) in [6.07, 6.45) is 4.09. The number of hydrogen-bond donors (Lipinski definition) is 1. The number of fused-ring (bicyclic) bond motifs is 1. The van der Waals surface area contributed by atoms with Crippen LogP contribution in [0.3, 0.4) is 0 Å². The molecule has 1 N–H and O–H groups in total. The molecule has 84 valence electrons. The van der Waals surface area contributed by atoms with E-state index in [1.54, 1.807) is 31.6 Å². The maximum absolute atomic E-state index is 10.8. The lowest BCUT2D eigenvalue weighted by Gasteiger charge is -2.01. The average molecular weight is 220 g/mol. The first kappa shape index (κ1) is 10.6. The number of hydrogen-bond acceptors (Lipinski definition) is 3. The summed E-state index contributed by atoms with van der Waals surface area (Å²) in [5, 5.41) is 8.84. The molecule has 16 heavy (non-hydrogen) atoms. The van der Waals surface area contributed by atoms with Crippen LogP contribution in [0.2, 0.25) is 0 Å². The summed E-state index contributed by atoms with van der Waals surface area (Å²) in [4.78, 5) is 15.0. The van der Waals surface area contributed by atoms with Crippen molar-refractivity contribution < 1.29 is 14.6 Å². The number of nitrogens with zero attached hydrogens (tertiary/aromatic N) is 2. The van der Waals surface area contributed by atoms with Gasteiger partial charge in [-0.2, -0.15) is 0 Å². The second kappa shape index (κ2) is 4.32. The van der Waals surface area contributed by atoms with Crippen LogP contribution in [0, 0.1) is 0 Å². The minimum absolute atomic E-state index is 0.269. The van der Waals surface area contributed by atoms with Crippen LogP contribution in [0.5, 0.6) is 0 Å². The Morgan fingerprint density at radius 3 is 3.12 bits per heavy atom. The van der Waals surface area contributed by atoms with Crippen LogP contribution in [-0.4, -0.2) is 34.2 Å². The van der Waals surface area contributed by atoms with E-state index in [-0.39, 0.29) is 5.56 Å². The Bertz CT molecular complexity index is 519. The molecule has 2 aromatic heterocycles. The normalized spacial score (nSPS) is 10.8. The van der Waals surface area contributed by atoms with Gasteiger partial charge in [-0.05, 0) is 12.1 Å². The molecule has 5 nitrogen and oxygen atoms in total. The number of imidazole rings is 1. The van der Waals surface area contributed by atoms with E-state index in [0.29, 0.717) is 13.0 Å². The van der Waals surface area contributed by atoms with Gasteiger partial charge in [-0.3, -0.25) is 0 Å². The molecule has 0 fully saturated rings. The van der Waals surface area contributed by atoms with Crippen LogP contribution >= 0.6 is 0 Å². The van der Waals surface area contributed by atoms with Crippen molar-refractivity contribution >= 4 is 11.5 Å². The third kappa shape index (κ3) is 1.90. The second-order valence-electron chi connectivity index (χ2n) is 3.43. The summed E-state index contributed by atoms with van der Waals surface area (Å²) in [7, 11) is 1.64. The van der Waals surface area contributed by atoms with Gasteiger partial charge in [-0.25, -0.2) is 9.78 Å². The number of carboxylic acid groups (broad SMARTS) is 1. The lowest BCUT2D eigenvalue weighted by Crippen LogP contribution is -2.02. The summed E-state index contributed by atoms with van der Waals surface area (Å²) in [6.45, 7) is 0.597. The molecule has 0 saturated carbocycles. The van der Waals surface area contributed by atoms with Gasteiger partial charge in [0.1, 0.15) is 5.82 Å². The van der Waals surface area contributed by atoms with Crippen molar-refractivity contribution in [3.8, 4) is 0 Å². The summed E-state index contributed by atoms with van der Waals surface area (Å²) >= 11 is 0. The topological polar surface area (TPSA) is 63.8 Å². The molecule has 2 rings (SSSR count). The van der Waals surface area contributed by atoms with E-state index in [9.17, 15) is 4.79 Å². The Kier molecular flexibility index (Phi) is 2.87. The molecule has 0 saturated heterocycles. The summed E-state index contributed by atoms with van der Waals surface area (Å²) in [6, 6.07) is 3.17. The third-order valence-electron chi connectivity index (χ3n) is 2.39. The van der Waals surface area contributed by atoms with E-state index in [4.69, 9.17) is 9.84 Å². The monoisotopic (exact) mass is 220 g/mol. The fourth-order valence-electron chi connectivity index (χ4n) is 1.57. The van der Waals surface area contributed by atoms with Crippen molar-refractivity contribution in [1.29, 1.82) is 0 Å². The van der Waals surface area contributed by atoms with E-state index in [1.165, 1.54) is 0 Å². The van der Waals surface area contributed by atoms with E-state index in [0.717, 1.165) is 11.3 Å². The van der Waals surface area contributed by atoms with Crippen molar-refractivity contribution in [2.75, 3.05) is 13.7 Å². The lowest BCUT2D eigenvalue weighted by molar-refractivity contribution is 0.0697. The van der Waals surface area contributed by atoms with E-state index in [1.807, 2.05) is 4.40 Å². The largest absolute Gasteiger partial charge is 0.478 e. The number of carboxylic acids is 1. The number of aromatic nitrogens is 2. The first-order chi connectivity index (χ1) is 7.72. The number of rotatable bonds is 4. The lowest BCUT2D eigenvalue weighted by atomic mass is 10.2. The highest BCUT2D eigenvalue weighted by molar-refractivity contribution is 5.88. The summed E-state index contributed by atoms with van der Waals surface area (Å²) < 4.78 is 6.85. The zero-order valence-corrected chi connectivity index (χ0v) is 8.88. The van der Waals surface area contributed by atoms with Crippen molar-refractivity contribution in [3.63, 3.8) is 0 Å². The quantitative estimate of drug-likeness (QED) is 0.841. The average Bonchev–Trinajstić information content (AvgIpc) is 2.68. The van der Waals surface area contributed by atoms with Crippen LogP contribution in [0.25, 0.3) is 5.52 Å². The van der Waals surface area contributed by atoms with Crippen molar-refractivity contribution in [2.45, 2.75) is 6.42 Å². The van der Waals surface area contributed by atoms with E-state index < -0.39 is 5.97 Å². The molecular weight excluding hydrogens is 208 g/mol. The fraction of sp³-hybridized carbons (Fsp3) is 0.273. The second-order valence-corrected chi connectivity index (χ2v) is 3.43. The highest BCUT2D eigenvalue weighted by Gasteiger charge is 2.07. The predicted molar refractivity (Wildman–Crippen MR) is 57.7 cm³/mol. The van der Waals surface area contributed by atoms with E-state index in [2.05, 4.69) is 4.98 Å². The van der Waals surface area contributed by atoms with Gasteiger partial charge in [0.25, 0.3) is 0 Å². The minimum atomic E-state index is -0.929. The smallest absolute Gasteiger partial charge is 0.335 e. The molecule has 0 spiro atoms. The standard InChI is InChI=1S/C11H12N2O3/c1-16-5-3-10-12-7-9-6-8(11(14)15)2-4-13(9)10/h2,4,6-7H,3,5H2,1H3,(H,14,15). The van der Waals surface area contributed by atoms with Crippen LogP contribution in [0.4, 0.5) is 0 Å². The van der Waals surface area contributed by atoms with Crippen LogP contribution in [-0.2, 0) is 11.2 Å². The molecule has 0 aliphatic carbocycles. The molecule has 2 aromatic rings. The predicted octanol–water partition coefficient (Wildman–Crippen LogP) is 1.22. The molecular formula is C11H12N2O3. The maximum Gasteiger partial charge on any atom is 0.335 e. The third-order valence-corrected chi connectivity index (χ3v) is 2.39. The molecule has 0 aliphatic rings. The van der Waals surface area contributed by atoms with E-state index >= 15 is 0 Å². The first-order valence-corrected chi connectivity index (χ1v) is 4.90. The molecule has 0 unspecified atom stereocenters. The first-order valence-electron chi connectivity index (χ1n) is 4.90. The van der Waals surface area contributed by atoms with Crippen molar-refractivity contribution in [3.05, 3.63) is 35.9 Å². The van der Waals surface area contributed by atoms with Gasteiger partial charge in [0.15, 0.2) is 0 Å². The molecule has 0 radical (unpaired) electrons. The number of pyridine rings is 1. The number of carbonyl (C=O) groups is 1. The van der Waals surface area contributed by atoms with Gasteiger partial charge in [-0.1, -0.05) is 0 Å². The zero-order valence-electron chi connectivity index (χ0n) is 8.88. The van der Waals surface area contributed by atoms with Crippen LogP contribution < -0.4 is 0 Å². The Labute approximate surface area is 92.3 Å². The minimum Gasteiger partial charge on any atom is -0.478 e. The Morgan fingerprint density at radius 2 is 2.44 bits per heavy atom. The molecule has 0 atom stereocenters. The summed E-state index contributed by atoms with van der Waals surface area (Å²) in [5.41, 5.74) is 1.05. The molecule has 0 aromatic carbocycles. The van der Waals surface area contributed by atoms with Gasteiger partial charge in [-0.15, -0.1) is 0 Å². The van der Waals surface area contributed by atoms with Crippen molar-refractivity contribution in [1.82, 2.24) is 9.38 Å². The molecule has 0 bridgehead atoms. The Hall–Kier alpha value is -1.88. The fourth-order valence-corrected chi connectivity index (χ4v) is 1.57. The molecule has 0 aliphatic heterocycles. The van der Waals surface area contributed by atoms with Gasteiger partial charge < -0.3 is 14.2 Å². The Balaban J connectivity index is 2.38. The molecule has 5 heteroatoms. The highest BCUT2D eigenvalue weighted by Crippen LogP contribution is 2.10. The number of aromatic carboxylic acids is 1. The van der Waals surface area contributed by atoms with Gasteiger partial charge in [0, 0.05) is 19.7 Å². The number of ether oxygens (including phenoxy) is 1. The van der Waals surface area contributed by atoms with Gasteiger partial charge >= 0.3 is 5.97 Å². The Morgan fingerprint density at radius 1 is 1.62 bits per heavy atom. The highest BCUT2D eigenvalue weighted by atomic mass is 16.5. The summed E-state index contributed by atoms with van der Waals surface area (Å²) in [5.74, 6) is -0.0593. The maximum atomic E-state index is 10.8. The van der Waals surface area contributed by atoms with Gasteiger partial charge in [0.05, 0.1) is 23.9 Å². The molecule has 0 amide bonds. The van der Waals surface area contributed by atoms with Crippen LogP contribution in [0.1, 0.15) is 16.2 Å². The van der Waals surface area contributed by atoms with Crippen LogP contribution in [0.15, 0.2) is 24.5 Å². The zero-order chi connectivity index (χ0) is 11.5. The van der Waals surface area contributed by atoms with Gasteiger partial charge in [0.2, 0.25) is 0 Å².